The summed E-state index contributed by atoms with van der Waals surface area (Å²) in [5.74, 6) is 1.22. The van der Waals surface area contributed by atoms with E-state index in [-0.39, 0.29) is 0 Å². The molecule has 0 N–H and O–H groups in total. The normalized spacial score (nSPS) is 11.3. The van der Waals surface area contributed by atoms with Crippen LogP contribution < -0.4 is 0 Å². The van der Waals surface area contributed by atoms with Crippen molar-refractivity contribution in [3.8, 4) is 45.2 Å². The molecule has 7 aromatic rings. The van der Waals surface area contributed by atoms with Crippen molar-refractivity contribution in [1.29, 1.82) is 0 Å². The van der Waals surface area contributed by atoms with Crippen LogP contribution in [0.25, 0.3) is 73.4 Å². The van der Waals surface area contributed by atoms with Crippen LogP contribution in [0.5, 0.6) is 0 Å². The Morgan fingerprint density at radius 2 is 0.921 bits per heavy atom. The predicted octanol–water partition coefficient (Wildman–Crippen LogP) is 9.28. The molecule has 0 aliphatic heterocycles. The maximum atomic E-state index is 6.02. The highest BCUT2D eigenvalue weighted by molar-refractivity contribution is 5.82. The molecule has 0 saturated heterocycles. The molecule has 0 amide bonds. The van der Waals surface area contributed by atoms with E-state index in [4.69, 9.17) is 8.83 Å². The molecule has 5 aromatic carbocycles. The molecule has 2 aromatic heterocycles. The number of benzene rings is 5. The van der Waals surface area contributed by atoms with Gasteiger partial charge in [-0.15, -0.1) is 0 Å². The van der Waals surface area contributed by atoms with E-state index in [1.807, 2.05) is 78.9 Å². The van der Waals surface area contributed by atoms with Gasteiger partial charge in [-0.25, -0.2) is 9.97 Å². The van der Waals surface area contributed by atoms with Gasteiger partial charge >= 0.3 is 0 Å². The molecule has 38 heavy (non-hydrogen) atoms. The predicted molar refractivity (Wildman–Crippen MR) is 153 cm³/mol. The first-order valence-corrected chi connectivity index (χ1v) is 12.4. The molecule has 0 saturated carbocycles. The van der Waals surface area contributed by atoms with E-state index >= 15 is 0 Å². The monoisotopic (exact) mass is 490 g/mol. The number of nitrogens with zero attached hydrogens (tertiary/aromatic N) is 2. The minimum absolute atomic E-state index is 0.610. The zero-order chi connectivity index (χ0) is 25.5. The van der Waals surface area contributed by atoms with Gasteiger partial charge in [0.25, 0.3) is 0 Å². The van der Waals surface area contributed by atoms with E-state index in [1.54, 1.807) is 0 Å². The summed E-state index contributed by atoms with van der Waals surface area (Å²) >= 11 is 0. The summed E-state index contributed by atoms with van der Waals surface area (Å²) in [6, 6.07) is 38.7. The Morgan fingerprint density at radius 1 is 0.474 bits per heavy atom. The van der Waals surface area contributed by atoms with Gasteiger partial charge < -0.3 is 8.83 Å². The van der Waals surface area contributed by atoms with Gasteiger partial charge in [-0.2, -0.15) is 0 Å². The third kappa shape index (κ3) is 3.98. The quantitative estimate of drug-likeness (QED) is 0.241. The molecule has 0 bridgehead atoms. The summed E-state index contributed by atoms with van der Waals surface area (Å²) in [5.41, 5.74) is 10.5. The van der Waals surface area contributed by atoms with Gasteiger partial charge in [-0.3, -0.25) is 0 Å². The Kier molecular flexibility index (Phi) is 5.22. The van der Waals surface area contributed by atoms with Crippen molar-refractivity contribution in [1.82, 2.24) is 9.97 Å². The first kappa shape index (κ1) is 22.0. The fourth-order valence-electron chi connectivity index (χ4n) is 4.76. The fraction of sp³-hybridized carbons (Fsp3) is 0. The van der Waals surface area contributed by atoms with Gasteiger partial charge in [0.05, 0.1) is 0 Å². The number of hydrogen-bond acceptors (Lipinski definition) is 4. The summed E-state index contributed by atoms with van der Waals surface area (Å²) in [6.07, 6.45) is 1.88. The van der Waals surface area contributed by atoms with Crippen LogP contribution in [0.15, 0.2) is 131 Å². The van der Waals surface area contributed by atoms with Crippen molar-refractivity contribution >= 4 is 28.3 Å². The fourth-order valence-corrected chi connectivity index (χ4v) is 4.76. The maximum Gasteiger partial charge on any atom is 0.227 e. The molecule has 0 unspecified atom stereocenters. The molecule has 0 aliphatic rings. The van der Waals surface area contributed by atoms with Crippen molar-refractivity contribution in [2.24, 2.45) is 0 Å². The SMILES string of the molecule is C=Cc1cc(-c2cccc(-c3nc4ccccc4o3)c2)cc(-c2cccc(-c3nc4ccccc4o3)c2)c1. The number of oxazole rings is 2. The second-order valence-electron chi connectivity index (χ2n) is 9.18. The average molecular weight is 491 g/mol. The van der Waals surface area contributed by atoms with Crippen LogP contribution in [-0.2, 0) is 0 Å². The lowest BCUT2D eigenvalue weighted by Gasteiger charge is -2.10. The number of hydrogen-bond donors (Lipinski definition) is 0. The number of aromatic nitrogens is 2. The summed E-state index contributed by atoms with van der Waals surface area (Å²) in [6.45, 7) is 4.03. The van der Waals surface area contributed by atoms with Crippen LogP contribution in [0, 0.1) is 0 Å². The van der Waals surface area contributed by atoms with Crippen molar-refractivity contribution in [2.75, 3.05) is 0 Å². The molecule has 0 aliphatic carbocycles. The van der Waals surface area contributed by atoms with Gasteiger partial charge in [-0.05, 0) is 94.5 Å². The van der Waals surface area contributed by atoms with E-state index in [0.29, 0.717) is 11.8 Å². The molecule has 0 atom stereocenters. The van der Waals surface area contributed by atoms with Crippen LogP contribution in [0.4, 0.5) is 0 Å². The summed E-state index contributed by atoms with van der Waals surface area (Å²) in [5, 5.41) is 0. The van der Waals surface area contributed by atoms with E-state index < -0.39 is 0 Å². The largest absolute Gasteiger partial charge is 0.436 e. The van der Waals surface area contributed by atoms with E-state index in [2.05, 4.69) is 59.0 Å². The minimum Gasteiger partial charge on any atom is -0.436 e. The number of fused-ring (bicyclic) bond motifs is 2. The Morgan fingerprint density at radius 3 is 1.39 bits per heavy atom. The minimum atomic E-state index is 0.610. The van der Waals surface area contributed by atoms with Crippen molar-refractivity contribution in [3.63, 3.8) is 0 Å². The molecular weight excluding hydrogens is 468 g/mol. The van der Waals surface area contributed by atoms with Crippen LogP contribution in [0.1, 0.15) is 5.56 Å². The smallest absolute Gasteiger partial charge is 0.227 e. The summed E-state index contributed by atoms with van der Waals surface area (Å²) < 4.78 is 12.0. The van der Waals surface area contributed by atoms with Gasteiger partial charge in [0.1, 0.15) is 11.0 Å². The molecule has 0 fully saturated rings. The second-order valence-corrected chi connectivity index (χ2v) is 9.18. The summed E-state index contributed by atoms with van der Waals surface area (Å²) in [7, 11) is 0. The third-order valence-electron chi connectivity index (χ3n) is 6.66. The lowest BCUT2D eigenvalue weighted by Crippen LogP contribution is -1.87. The Labute approximate surface area is 219 Å². The highest BCUT2D eigenvalue weighted by Gasteiger charge is 2.12. The lowest BCUT2D eigenvalue weighted by atomic mass is 9.94. The van der Waals surface area contributed by atoms with Crippen LogP contribution in [0.2, 0.25) is 0 Å². The summed E-state index contributed by atoms with van der Waals surface area (Å²) in [4.78, 5) is 9.35. The molecule has 0 radical (unpaired) electrons. The Bertz CT molecular complexity index is 1760. The molecular formula is C34H22N2O2. The first-order chi connectivity index (χ1) is 18.7. The van der Waals surface area contributed by atoms with Crippen LogP contribution >= 0.6 is 0 Å². The Hall–Kier alpha value is -5.22. The highest BCUT2D eigenvalue weighted by Crippen LogP contribution is 2.34. The topological polar surface area (TPSA) is 52.1 Å². The first-order valence-electron chi connectivity index (χ1n) is 12.4. The number of para-hydroxylation sites is 4. The van der Waals surface area contributed by atoms with E-state index in [9.17, 15) is 0 Å². The average Bonchev–Trinajstić information content (AvgIpc) is 3.62. The highest BCUT2D eigenvalue weighted by atomic mass is 16.4. The zero-order valence-electron chi connectivity index (χ0n) is 20.5. The molecule has 7 rings (SSSR count). The molecule has 0 spiro atoms. The Balaban J connectivity index is 1.29. The third-order valence-corrected chi connectivity index (χ3v) is 6.66. The van der Waals surface area contributed by atoms with E-state index in [1.165, 1.54) is 0 Å². The van der Waals surface area contributed by atoms with Crippen molar-refractivity contribution < 1.29 is 8.83 Å². The van der Waals surface area contributed by atoms with Gasteiger partial charge in [0.2, 0.25) is 11.8 Å². The van der Waals surface area contributed by atoms with Crippen LogP contribution in [0.3, 0.4) is 0 Å². The van der Waals surface area contributed by atoms with Gasteiger partial charge in [0.15, 0.2) is 11.2 Å². The lowest BCUT2D eigenvalue weighted by molar-refractivity contribution is 0.619. The standard InChI is InChI=1S/C34H22N2O2/c1-2-22-17-27(23-9-7-11-25(19-23)33-35-29-13-3-5-15-31(29)37-33)21-28(18-22)24-10-8-12-26(20-24)34-36-30-14-4-6-16-32(30)38-34/h2-21H,1H2. The zero-order valence-corrected chi connectivity index (χ0v) is 20.5. The molecule has 4 nitrogen and oxygen atoms in total. The van der Waals surface area contributed by atoms with Crippen molar-refractivity contribution in [3.05, 3.63) is 127 Å². The molecule has 180 valence electrons. The van der Waals surface area contributed by atoms with Crippen molar-refractivity contribution in [2.45, 2.75) is 0 Å². The van der Waals surface area contributed by atoms with E-state index in [0.717, 1.165) is 61.1 Å². The van der Waals surface area contributed by atoms with Gasteiger partial charge in [0, 0.05) is 11.1 Å². The van der Waals surface area contributed by atoms with Gasteiger partial charge in [-0.1, -0.05) is 61.2 Å². The second kappa shape index (κ2) is 9.02. The maximum absolute atomic E-state index is 6.02. The molecule has 2 heterocycles. The molecule has 4 heteroatoms. The number of rotatable bonds is 5. The van der Waals surface area contributed by atoms with Crippen LogP contribution in [-0.4, -0.2) is 9.97 Å².